The fourth-order valence-electron chi connectivity index (χ4n) is 2.53. The average molecular weight is 225 g/mol. The summed E-state index contributed by atoms with van der Waals surface area (Å²) in [5.74, 6) is 2.04. The average Bonchev–Trinajstić information content (AvgIpc) is 2.39. The minimum Gasteiger partial charge on any atom is -0.461 e. The van der Waals surface area contributed by atoms with Crippen LogP contribution in [0.5, 0.6) is 5.75 Å². The molecular formula is C15H15NO. The molecule has 2 aromatic rings. The van der Waals surface area contributed by atoms with E-state index in [0.29, 0.717) is 0 Å². The Morgan fingerprint density at radius 2 is 2.00 bits per heavy atom. The van der Waals surface area contributed by atoms with Crippen molar-refractivity contribution in [1.82, 2.24) is 4.98 Å². The van der Waals surface area contributed by atoms with Gasteiger partial charge in [0.15, 0.2) is 0 Å². The van der Waals surface area contributed by atoms with E-state index in [0.717, 1.165) is 35.3 Å². The molecule has 2 heterocycles. The Kier molecular flexibility index (Phi) is 2.36. The van der Waals surface area contributed by atoms with Gasteiger partial charge in [-0.1, -0.05) is 26.0 Å². The van der Waals surface area contributed by atoms with Crippen LogP contribution in [-0.4, -0.2) is 4.98 Å². The number of hydrogen-bond acceptors (Lipinski definition) is 2. The zero-order chi connectivity index (χ0) is 11.8. The predicted octanol–water partition coefficient (Wildman–Crippen LogP) is 4.16. The first-order valence-corrected chi connectivity index (χ1v) is 6.13. The van der Waals surface area contributed by atoms with Crippen LogP contribution in [0.25, 0.3) is 16.5 Å². The lowest BCUT2D eigenvalue weighted by Crippen LogP contribution is -2.06. The van der Waals surface area contributed by atoms with Crippen LogP contribution >= 0.6 is 0 Å². The Morgan fingerprint density at radius 3 is 2.76 bits per heavy atom. The van der Waals surface area contributed by atoms with E-state index < -0.39 is 0 Å². The standard InChI is InChI=1S/C15H15NO/c1-3-10-11-6-5-7-12-15(11)14(8-9-16-12)17-13(10)4-2/h5-9H,3-4H2,1-2H3. The van der Waals surface area contributed by atoms with Gasteiger partial charge in [0.05, 0.1) is 10.9 Å². The molecular weight excluding hydrogens is 210 g/mol. The number of benzene rings is 1. The first-order valence-electron chi connectivity index (χ1n) is 6.13. The summed E-state index contributed by atoms with van der Waals surface area (Å²) in [4.78, 5) is 4.40. The van der Waals surface area contributed by atoms with Crippen molar-refractivity contribution >= 4 is 16.5 Å². The van der Waals surface area contributed by atoms with Gasteiger partial charge in [0, 0.05) is 12.6 Å². The van der Waals surface area contributed by atoms with Crippen molar-refractivity contribution in [3.05, 3.63) is 41.8 Å². The SMILES string of the molecule is CCC1=C(CC)c2cccc3nccc(c23)O1. The quantitative estimate of drug-likeness (QED) is 0.765. The highest BCUT2D eigenvalue weighted by Crippen LogP contribution is 2.40. The molecule has 2 heteroatoms. The van der Waals surface area contributed by atoms with E-state index >= 15 is 0 Å². The summed E-state index contributed by atoms with van der Waals surface area (Å²) in [6.45, 7) is 4.31. The fourth-order valence-corrected chi connectivity index (χ4v) is 2.53. The molecule has 0 N–H and O–H groups in total. The lowest BCUT2D eigenvalue weighted by atomic mass is 9.94. The van der Waals surface area contributed by atoms with Crippen molar-refractivity contribution in [1.29, 1.82) is 0 Å². The van der Waals surface area contributed by atoms with E-state index in [1.165, 1.54) is 11.1 Å². The molecule has 1 aliphatic rings. The Bertz CT molecular complexity index is 608. The number of ether oxygens (including phenoxy) is 1. The number of allylic oxidation sites excluding steroid dienone is 2. The van der Waals surface area contributed by atoms with E-state index in [-0.39, 0.29) is 0 Å². The molecule has 2 nitrogen and oxygen atoms in total. The molecule has 0 spiro atoms. The highest BCUT2D eigenvalue weighted by molar-refractivity contribution is 5.98. The van der Waals surface area contributed by atoms with Gasteiger partial charge in [-0.2, -0.15) is 0 Å². The molecule has 0 bridgehead atoms. The zero-order valence-corrected chi connectivity index (χ0v) is 10.2. The van der Waals surface area contributed by atoms with Crippen molar-refractivity contribution in [2.24, 2.45) is 0 Å². The van der Waals surface area contributed by atoms with Crippen LogP contribution in [0.4, 0.5) is 0 Å². The van der Waals surface area contributed by atoms with Gasteiger partial charge in [0.2, 0.25) is 0 Å². The van der Waals surface area contributed by atoms with Crippen molar-refractivity contribution in [2.45, 2.75) is 26.7 Å². The van der Waals surface area contributed by atoms with E-state index in [9.17, 15) is 0 Å². The maximum atomic E-state index is 6.00. The monoisotopic (exact) mass is 225 g/mol. The van der Waals surface area contributed by atoms with Gasteiger partial charge in [0.25, 0.3) is 0 Å². The molecule has 0 aliphatic carbocycles. The molecule has 0 radical (unpaired) electrons. The van der Waals surface area contributed by atoms with Gasteiger partial charge in [-0.05, 0) is 29.7 Å². The van der Waals surface area contributed by atoms with Crippen molar-refractivity contribution < 1.29 is 4.74 Å². The second-order valence-corrected chi connectivity index (χ2v) is 4.22. The molecule has 17 heavy (non-hydrogen) atoms. The zero-order valence-electron chi connectivity index (χ0n) is 10.2. The third-order valence-corrected chi connectivity index (χ3v) is 3.30. The van der Waals surface area contributed by atoms with Crippen LogP contribution in [0.3, 0.4) is 0 Å². The van der Waals surface area contributed by atoms with Crippen LogP contribution in [0.15, 0.2) is 36.2 Å². The molecule has 0 atom stereocenters. The number of pyridine rings is 1. The van der Waals surface area contributed by atoms with Crippen molar-refractivity contribution in [2.75, 3.05) is 0 Å². The Hall–Kier alpha value is -1.83. The van der Waals surface area contributed by atoms with Crippen LogP contribution in [0.1, 0.15) is 32.3 Å². The molecule has 0 fully saturated rings. The van der Waals surface area contributed by atoms with Crippen molar-refractivity contribution in [3.63, 3.8) is 0 Å². The molecule has 0 amide bonds. The summed E-state index contributed by atoms with van der Waals surface area (Å²) in [7, 11) is 0. The first kappa shape index (κ1) is 10.3. The minimum atomic E-state index is 0.932. The summed E-state index contributed by atoms with van der Waals surface area (Å²) in [6.07, 6.45) is 3.74. The number of rotatable bonds is 2. The fraction of sp³-hybridized carbons (Fsp3) is 0.267. The normalized spacial score (nSPS) is 14.0. The largest absolute Gasteiger partial charge is 0.461 e. The van der Waals surface area contributed by atoms with E-state index in [1.807, 2.05) is 18.3 Å². The van der Waals surface area contributed by atoms with Gasteiger partial charge < -0.3 is 4.74 Å². The second-order valence-electron chi connectivity index (χ2n) is 4.22. The summed E-state index contributed by atoms with van der Waals surface area (Å²) in [5, 5.41) is 1.16. The Morgan fingerprint density at radius 1 is 1.12 bits per heavy atom. The highest BCUT2D eigenvalue weighted by atomic mass is 16.5. The lowest BCUT2D eigenvalue weighted by molar-refractivity contribution is 0.411. The summed E-state index contributed by atoms with van der Waals surface area (Å²) < 4.78 is 6.00. The van der Waals surface area contributed by atoms with E-state index in [1.54, 1.807) is 0 Å². The Balaban J connectivity index is 2.38. The molecule has 0 saturated heterocycles. The molecule has 1 aromatic heterocycles. The molecule has 86 valence electrons. The van der Waals surface area contributed by atoms with Crippen LogP contribution in [0, 0.1) is 0 Å². The van der Waals surface area contributed by atoms with E-state index in [2.05, 4.69) is 31.0 Å². The topological polar surface area (TPSA) is 22.1 Å². The molecule has 3 rings (SSSR count). The van der Waals surface area contributed by atoms with E-state index in [4.69, 9.17) is 4.74 Å². The lowest BCUT2D eigenvalue weighted by Gasteiger charge is -2.22. The molecule has 0 unspecified atom stereocenters. The van der Waals surface area contributed by atoms with Crippen molar-refractivity contribution in [3.8, 4) is 5.75 Å². The van der Waals surface area contributed by atoms with Gasteiger partial charge >= 0.3 is 0 Å². The number of aromatic nitrogens is 1. The predicted molar refractivity (Wildman–Crippen MR) is 69.9 cm³/mol. The molecule has 0 saturated carbocycles. The molecule has 1 aliphatic heterocycles. The third kappa shape index (κ3) is 1.44. The number of nitrogens with zero attached hydrogens (tertiary/aromatic N) is 1. The summed E-state index contributed by atoms with van der Waals surface area (Å²) in [6, 6.07) is 8.23. The maximum absolute atomic E-state index is 6.00. The smallest absolute Gasteiger partial charge is 0.138 e. The van der Waals surface area contributed by atoms with Gasteiger partial charge in [-0.15, -0.1) is 0 Å². The third-order valence-electron chi connectivity index (χ3n) is 3.30. The van der Waals surface area contributed by atoms with Gasteiger partial charge in [-0.3, -0.25) is 4.98 Å². The molecule has 1 aromatic carbocycles. The van der Waals surface area contributed by atoms with Crippen LogP contribution in [0.2, 0.25) is 0 Å². The highest BCUT2D eigenvalue weighted by Gasteiger charge is 2.20. The summed E-state index contributed by atoms with van der Waals surface area (Å²) in [5.41, 5.74) is 3.62. The summed E-state index contributed by atoms with van der Waals surface area (Å²) >= 11 is 0. The van der Waals surface area contributed by atoms with Gasteiger partial charge in [-0.25, -0.2) is 0 Å². The maximum Gasteiger partial charge on any atom is 0.138 e. The Labute approximate surface area is 101 Å². The van der Waals surface area contributed by atoms with Crippen LogP contribution in [-0.2, 0) is 0 Å². The second kappa shape index (κ2) is 3.88. The van der Waals surface area contributed by atoms with Crippen LogP contribution < -0.4 is 4.74 Å². The minimum absolute atomic E-state index is 0.932. The van der Waals surface area contributed by atoms with Gasteiger partial charge in [0.1, 0.15) is 11.5 Å². The first-order chi connectivity index (χ1) is 8.35. The number of hydrogen-bond donors (Lipinski definition) is 0.